The normalized spacial score (nSPS) is 13.6. The van der Waals surface area contributed by atoms with Crippen LogP contribution < -0.4 is 4.89 Å². The molecule has 0 aliphatic carbocycles. The average molecular weight is 1220 g/mol. The first-order chi connectivity index (χ1) is 42.0. The molecule has 0 fully saturated rings. The summed E-state index contributed by atoms with van der Waals surface area (Å²) in [6.07, 6.45) is 91.0. The standard InChI is InChI=1S/C76H138NO8P/c1-6-8-10-12-14-16-18-20-22-24-26-28-30-32-34-35-36-37-38-39-40-41-43-45-47-49-51-53-55-57-59-61-63-65-67-69-76(79)85-74(73-84-86(80,81)83-71-70-77(3,4)5)72-82-75(78)68-66-64-62-60-58-56-54-52-50-48-46-44-42-33-31-29-27-25-23-21-19-17-15-13-11-9-7-2/h8,10,14,16,20,22,25-28,32,34,36-37,74H,6-7,9,11-13,15,17-19,21,23-24,29-31,33,35,38-73H2,1-5H3/b10-8-,16-14-,22-20-,27-25-,28-26-,34-32-,37-36-. The van der Waals surface area contributed by atoms with E-state index in [1.165, 1.54) is 225 Å². The van der Waals surface area contributed by atoms with Crippen LogP contribution in [0.15, 0.2) is 85.1 Å². The number of allylic oxidation sites excluding steroid dienone is 14. The third-order valence-electron chi connectivity index (χ3n) is 15.9. The molecular formula is C76H138NO8P. The van der Waals surface area contributed by atoms with Crippen molar-refractivity contribution >= 4 is 19.8 Å². The Morgan fingerprint density at radius 3 is 1.00 bits per heavy atom. The van der Waals surface area contributed by atoms with Crippen LogP contribution in [-0.4, -0.2) is 70.0 Å². The number of carbonyl (C=O) groups is 2. The number of phosphoric acid groups is 1. The Kier molecular flexibility index (Phi) is 64.4. The van der Waals surface area contributed by atoms with Crippen LogP contribution in [0.25, 0.3) is 0 Å². The molecule has 2 unspecified atom stereocenters. The van der Waals surface area contributed by atoms with Crippen LogP contribution >= 0.6 is 7.82 Å². The molecule has 0 N–H and O–H groups in total. The molecule has 0 radical (unpaired) electrons. The Hall–Kier alpha value is -2.81. The van der Waals surface area contributed by atoms with Crippen molar-refractivity contribution in [1.82, 2.24) is 0 Å². The van der Waals surface area contributed by atoms with E-state index in [9.17, 15) is 19.0 Å². The lowest BCUT2D eigenvalue weighted by Gasteiger charge is -2.28. The highest BCUT2D eigenvalue weighted by molar-refractivity contribution is 7.45. The zero-order valence-corrected chi connectivity index (χ0v) is 57.9. The fourth-order valence-electron chi connectivity index (χ4n) is 10.4. The zero-order chi connectivity index (χ0) is 62.6. The summed E-state index contributed by atoms with van der Waals surface area (Å²) in [6.45, 7) is 4.17. The molecule has 0 saturated carbocycles. The molecule has 86 heavy (non-hydrogen) atoms. The maximum atomic E-state index is 12.9. The largest absolute Gasteiger partial charge is 0.756 e. The van der Waals surface area contributed by atoms with Crippen molar-refractivity contribution in [1.29, 1.82) is 0 Å². The second-order valence-electron chi connectivity index (χ2n) is 25.6. The Labute approximate surface area is 532 Å². The number of nitrogens with zero attached hydrogens (tertiary/aromatic N) is 1. The third-order valence-corrected chi connectivity index (χ3v) is 16.9. The summed E-state index contributed by atoms with van der Waals surface area (Å²) in [7, 11) is 1.18. The molecule has 0 aromatic heterocycles. The van der Waals surface area contributed by atoms with Gasteiger partial charge in [-0.2, -0.15) is 0 Å². The molecule has 0 rings (SSSR count). The number of hydrogen-bond donors (Lipinski definition) is 0. The summed E-state index contributed by atoms with van der Waals surface area (Å²) < 4.78 is 34.4. The van der Waals surface area contributed by atoms with Crippen molar-refractivity contribution < 1.29 is 42.1 Å². The molecule has 0 amide bonds. The summed E-state index contributed by atoms with van der Waals surface area (Å²) >= 11 is 0. The summed E-state index contributed by atoms with van der Waals surface area (Å²) in [6, 6.07) is 0. The number of rotatable bonds is 67. The van der Waals surface area contributed by atoms with E-state index >= 15 is 0 Å². The molecule has 0 spiro atoms. The van der Waals surface area contributed by atoms with Gasteiger partial charge in [0, 0.05) is 12.8 Å². The van der Waals surface area contributed by atoms with Gasteiger partial charge in [0.25, 0.3) is 7.82 Å². The highest BCUT2D eigenvalue weighted by Crippen LogP contribution is 2.38. The highest BCUT2D eigenvalue weighted by Gasteiger charge is 2.22. The molecule has 9 nitrogen and oxygen atoms in total. The Bertz CT molecular complexity index is 1730. The third kappa shape index (κ3) is 70.3. The predicted molar refractivity (Wildman–Crippen MR) is 369 cm³/mol. The van der Waals surface area contributed by atoms with Crippen molar-refractivity contribution in [2.45, 2.75) is 341 Å². The van der Waals surface area contributed by atoms with Crippen molar-refractivity contribution in [2.75, 3.05) is 47.5 Å². The van der Waals surface area contributed by atoms with Gasteiger partial charge in [0.15, 0.2) is 6.10 Å². The van der Waals surface area contributed by atoms with Gasteiger partial charge in [-0.25, -0.2) is 0 Å². The predicted octanol–water partition coefficient (Wildman–Crippen LogP) is 23.1. The van der Waals surface area contributed by atoms with E-state index in [0.29, 0.717) is 17.4 Å². The lowest BCUT2D eigenvalue weighted by atomic mass is 10.0. The van der Waals surface area contributed by atoms with Crippen LogP contribution in [0.2, 0.25) is 0 Å². The van der Waals surface area contributed by atoms with Gasteiger partial charge >= 0.3 is 11.9 Å². The van der Waals surface area contributed by atoms with E-state index in [-0.39, 0.29) is 32.0 Å². The number of quaternary nitrogens is 1. The molecule has 2 atom stereocenters. The van der Waals surface area contributed by atoms with E-state index in [1.807, 2.05) is 21.1 Å². The van der Waals surface area contributed by atoms with Gasteiger partial charge in [-0.05, 0) is 89.9 Å². The molecule has 0 bridgehead atoms. The summed E-state index contributed by atoms with van der Waals surface area (Å²) in [5.74, 6) is -0.820. The Balaban J connectivity index is 4.01. The number of unbranched alkanes of at least 4 members (excludes halogenated alkanes) is 39. The maximum Gasteiger partial charge on any atom is 0.306 e. The van der Waals surface area contributed by atoms with Gasteiger partial charge in [-0.3, -0.25) is 14.2 Å². The number of esters is 2. The molecule has 0 aliphatic rings. The second kappa shape index (κ2) is 66.6. The Morgan fingerprint density at radius 2 is 0.663 bits per heavy atom. The number of likely N-dealkylation sites (N-methyl/N-ethyl adjacent to an activating group) is 1. The fraction of sp³-hybridized carbons (Fsp3) is 0.789. The molecule has 0 saturated heterocycles. The zero-order valence-electron chi connectivity index (χ0n) is 57.0. The molecule has 0 heterocycles. The summed E-state index contributed by atoms with van der Waals surface area (Å²) in [5.41, 5.74) is 0. The number of carbonyl (C=O) groups excluding carboxylic acids is 2. The van der Waals surface area contributed by atoms with Crippen molar-refractivity contribution in [3.05, 3.63) is 85.1 Å². The van der Waals surface area contributed by atoms with Crippen LogP contribution in [0.1, 0.15) is 335 Å². The van der Waals surface area contributed by atoms with Gasteiger partial charge in [0.1, 0.15) is 19.8 Å². The topological polar surface area (TPSA) is 111 Å². The maximum absolute atomic E-state index is 12.9. The molecule has 0 aromatic carbocycles. The van der Waals surface area contributed by atoms with E-state index in [2.05, 4.69) is 98.9 Å². The minimum absolute atomic E-state index is 0.0312. The lowest BCUT2D eigenvalue weighted by molar-refractivity contribution is -0.870. The number of phosphoric ester groups is 1. The smallest absolute Gasteiger partial charge is 0.306 e. The van der Waals surface area contributed by atoms with Gasteiger partial charge in [0.05, 0.1) is 27.7 Å². The minimum atomic E-state index is -4.64. The van der Waals surface area contributed by atoms with E-state index < -0.39 is 26.5 Å². The molecule has 0 aliphatic heterocycles. The van der Waals surface area contributed by atoms with Crippen molar-refractivity contribution in [3.8, 4) is 0 Å². The minimum Gasteiger partial charge on any atom is -0.756 e. The lowest BCUT2D eigenvalue weighted by Crippen LogP contribution is -2.37. The van der Waals surface area contributed by atoms with Crippen LogP contribution in [0.5, 0.6) is 0 Å². The first-order valence-electron chi connectivity index (χ1n) is 36.3. The van der Waals surface area contributed by atoms with Gasteiger partial charge in [-0.1, -0.05) is 317 Å². The molecule has 0 aromatic rings. The van der Waals surface area contributed by atoms with E-state index in [0.717, 1.165) is 77.0 Å². The first kappa shape index (κ1) is 83.2. The van der Waals surface area contributed by atoms with Gasteiger partial charge in [-0.15, -0.1) is 0 Å². The van der Waals surface area contributed by atoms with Crippen molar-refractivity contribution in [3.63, 3.8) is 0 Å². The van der Waals surface area contributed by atoms with Crippen LogP contribution in [-0.2, 0) is 32.7 Å². The number of ether oxygens (including phenoxy) is 2. The van der Waals surface area contributed by atoms with Crippen LogP contribution in [0, 0.1) is 0 Å². The van der Waals surface area contributed by atoms with Crippen molar-refractivity contribution in [2.24, 2.45) is 0 Å². The quantitative estimate of drug-likeness (QED) is 0.0195. The summed E-state index contributed by atoms with van der Waals surface area (Å²) in [4.78, 5) is 38.1. The van der Waals surface area contributed by atoms with E-state index in [1.54, 1.807) is 0 Å². The van der Waals surface area contributed by atoms with Crippen LogP contribution in [0.4, 0.5) is 0 Å². The SMILES string of the molecule is CC/C=C\C/C=C\C/C=C\C/C=C\C/C=C\C/C=C\CCCCCCCCCCCCCCCCCCC(=O)OC(COC(=O)CCCCCCCCCCCCCCCCC/C=C\CCCCCCCCCC)COP(=O)([O-])OCC[N+](C)(C)C. The van der Waals surface area contributed by atoms with Crippen LogP contribution in [0.3, 0.4) is 0 Å². The monoisotopic (exact) mass is 1220 g/mol. The highest BCUT2D eigenvalue weighted by atomic mass is 31.2. The molecule has 10 heteroatoms. The fourth-order valence-corrected chi connectivity index (χ4v) is 11.1. The Morgan fingerprint density at radius 1 is 0.372 bits per heavy atom. The van der Waals surface area contributed by atoms with Gasteiger partial charge in [0.2, 0.25) is 0 Å². The van der Waals surface area contributed by atoms with Gasteiger partial charge < -0.3 is 27.9 Å². The van der Waals surface area contributed by atoms with E-state index in [4.69, 9.17) is 18.5 Å². The molecule has 500 valence electrons. The molecular weight excluding hydrogens is 1090 g/mol. The first-order valence-corrected chi connectivity index (χ1v) is 37.8. The summed E-state index contributed by atoms with van der Waals surface area (Å²) in [5, 5.41) is 0. The average Bonchev–Trinajstić information content (AvgIpc) is 3.56. The second-order valence-corrected chi connectivity index (χ2v) is 27.0. The number of hydrogen-bond acceptors (Lipinski definition) is 8.